The molecular weight excluding hydrogens is 490 g/mol. The molecule has 5 rings (SSSR count). The number of rotatable bonds is 6. The van der Waals surface area contributed by atoms with Gasteiger partial charge in [0.05, 0.1) is 35.7 Å². The third-order valence-corrected chi connectivity index (χ3v) is 7.36. The molecule has 1 aliphatic heterocycles. The number of carbonyl (C=O) groups is 2. The molecule has 0 saturated carbocycles. The molecule has 1 N–H and O–H groups in total. The number of amides is 1. The van der Waals surface area contributed by atoms with E-state index in [2.05, 4.69) is 29.9 Å². The molecule has 0 bridgehead atoms. The average molecular weight is 516 g/mol. The summed E-state index contributed by atoms with van der Waals surface area (Å²) in [4.78, 5) is 37.3. The summed E-state index contributed by atoms with van der Waals surface area (Å²) < 4.78 is 11.5. The van der Waals surface area contributed by atoms with Gasteiger partial charge < -0.3 is 14.6 Å². The van der Waals surface area contributed by atoms with Crippen molar-refractivity contribution in [3.8, 4) is 11.5 Å². The van der Waals surface area contributed by atoms with Crippen molar-refractivity contribution in [1.82, 2.24) is 9.97 Å². The number of carbonyl (C=O) groups excluding carboxylic acids is 2. The maximum Gasteiger partial charge on any atom is 0.301 e. The van der Waals surface area contributed by atoms with Gasteiger partial charge in [-0.1, -0.05) is 37.3 Å². The van der Waals surface area contributed by atoms with Crippen LogP contribution in [0.3, 0.4) is 0 Å². The van der Waals surface area contributed by atoms with Gasteiger partial charge in [0.15, 0.2) is 16.6 Å². The van der Waals surface area contributed by atoms with E-state index in [-0.39, 0.29) is 11.3 Å². The summed E-state index contributed by atoms with van der Waals surface area (Å²) in [7, 11) is 2.98. The van der Waals surface area contributed by atoms with Crippen LogP contribution < -0.4 is 14.4 Å². The maximum atomic E-state index is 13.4. The Bertz CT molecular complexity index is 1540. The first-order chi connectivity index (χ1) is 17.8. The minimum Gasteiger partial charge on any atom is -0.507 e. The number of pyridine rings is 1. The lowest BCUT2D eigenvalue weighted by atomic mass is 9.98. The quantitative estimate of drug-likeness (QED) is 0.207. The summed E-state index contributed by atoms with van der Waals surface area (Å²) in [6.45, 7) is 4.22. The molecule has 0 radical (unpaired) electrons. The van der Waals surface area contributed by atoms with E-state index in [1.165, 1.54) is 30.5 Å². The number of hydrogen-bond donors (Lipinski definition) is 1. The topological polar surface area (TPSA) is 102 Å². The Kier molecular flexibility index (Phi) is 6.39. The molecular formula is C28H25N3O5S. The number of hydrogen-bond acceptors (Lipinski definition) is 8. The molecule has 1 fully saturated rings. The zero-order valence-corrected chi connectivity index (χ0v) is 21.6. The summed E-state index contributed by atoms with van der Waals surface area (Å²) >= 11 is 1.32. The van der Waals surface area contributed by atoms with Crippen molar-refractivity contribution in [3.63, 3.8) is 0 Å². The third-order valence-electron chi connectivity index (χ3n) is 6.34. The number of methoxy groups -OCH3 is 2. The van der Waals surface area contributed by atoms with E-state index in [0.29, 0.717) is 33.8 Å². The lowest BCUT2D eigenvalue weighted by Crippen LogP contribution is -2.29. The van der Waals surface area contributed by atoms with Gasteiger partial charge in [0.25, 0.3) is 5.78 Å². The van der Waals surface area contributed by atoms with Crippen molar-refractivity contribution < 1.29 is 24.2 Å². The molecule has 1 aliphatic rings. The summed E-state index contributed by atoms with van der Waals surface area (Å²) in [6.07, 6.45) is 1.58. The Morgan fingerprint density at radius 3 is 2.49 bits per heavy atom. The Morgan fingerprint density at radius 2 is 1.81 bits per heavy atom. The fraction of sp³-hybridized carbons (Fsp3) is 0.214. The van der Waals surface area contributed by atoms with Gasteiger partial charge in [-0.05, 0) is 53.9 Å². The molecule has 2 aromatic heterocycles. The van der Waals surface area contributed by atoms with Crippen LogP contribution in [0.1, 0.15) is 42.6 Å². The molecule has 0 spiro atoms. The van der Waals surface area contributed by atoms with Crippen LogP contribution in [0.2, 0.25) is 0 Å². The van der Waals surface area contributed by atoms with Crippen LogP contribution in [-0.4, -0.2) is 41.0 Å². The minimum absolute atomic E-state index is 0.0713. The van der Waals surface area contributed by atoms with E-state index in [9.17, 15) is 14.7 Å². The van der Waals surface area contributed by atoms with E-state index in [1.807, 2.05) is 12.1 Å². The predicted molar refractivity (Wildman–Crippen MR) is 142 cm³/mol. The van der Waals surface area contributed by atoms with Crippen LogP contribution in [0, 0.1) is 0 Å². The highest BCUT2D eigenvalue weighted by Gasteiger charge is 2.48. The van der Waals surface area contributed by atoms with Crippen molar-refractivity contribution in [1.29, 1.82) is 0 Å². The van der Waals surface area contributed by atoms with Gasteiger partial charge in [-0.25, -0.2) is 4.98 Å². The molecule has 1 amide bonds. The van der Waals surface area contributed by atoms with Crippen molar-refractivity contribution in [2.75, 3.05) is 19.1 Å². The molecule has 188 valence electrons. The van der Waals surface area contributed by atoms with Gasteiger partial charge in [-0.3, -0.25) is 19.5 Å². The van der Waals surface area contributed by atoms with Crippen LogP contribution in [0.5, 0.6) is 11.5 Å². The Balaban J connectivity index is 1.69. The first-order valence-electron chi connectivity index (χ1n) is 11.7. The fourth-order valence-corrected chi connectivity index (χ4v) is 5.42. The number of benzene rings is 2. The fourth-order valence-electron chi connectivity index (χ4n) is 4.38. The molecule has 4 aromatic rings. The minimum atomic E-state index is -0.959. The largest absolute Gasteiger partial charge is 0.507 e. The summed E-state index contributed by atoms with van der Waals surface area (Å²) in [5, 5.41) is 11.7. The highest BCUT2D eigenvalue weighted by molar-refractivity contribution is 7.22. The number of aromatic nitrogens is 2. The normalized spacial score (nSPS) is 17.1. The highest BCUT2D eigenvalue weighted by atomic mass is 32.1. The van der Waals surface area contributed by atoms with Crippen molar-refractivity contribution in [2.45, 2.75) is 25.8 Å². The van der Waals surface area contributed by atoms with E-state index in [4.69, 9.17) is 9.47 Å². The molecule has 2 aromatic carbocycles. The van der Waals surface area contributed by atoms with E-state index < -0.39 is 17.7 Å². The number of ketones is 1. The van der Waals surface area contributed by atoms with Crippen molar-refractivity contribution >= 4 is 44.1 Å². The zero-order valence-electron chi connectivity index (χ0n) is 20.8. The molecule has 3 heterocycles. The second kappa shape index (κ2) is 9.67. The maximum absolute atomic E-state index is 13.4. The first-order valence-corrected chi connectivity index (χ1v) is 12.5. The summed E-state index contributed by atoms with van der Waals surface area (Å²) in [5.74, 6) is -0.746. The number of nitrogens with zero attached hydrogens (tertiary/aromatic N) is 3. The molecule has 0 aliphatic carbocycles. The lowest BCUT2D eigenvalue weighted by Gasteiger charge is -2.22. The van der Waals surface area contributed by atoms with Crippen molar-refractivity contribution in [2.24, 2.45) is 0 Å². The van der Waals surface area contributed by atoms with Gasteiger partial charge >= 0.3 is 5.91 Å². The Hall–Kier alpha value is -4.24. The standard InChI is InChI=1S/C28H25N3O5S/c1-15(2)16-8-10-18-22(14-16)37-28(30-18)31-24(19-7-5-6-12-29-19)23(26(33)27(31)34)25(32)17-9-11-20(35-3)21(13-17)36-4/h5-15,24,32H,1-4H3/b25-23+. The molecule has 1 unspecified atom stereocenters. The molecule has 9 heteroatoms. The molecule has 37 heavy (non-hydrogen) atoms. The van der Waals surface area contributed by atoms with E-state index in [1.54, 1.807) is 42.6 Å². The monoisotopic (exact) mass is 515 g/mol. The van der Waals surface area contributed by atoms with Gasteiger partial charge in [-0.2, -0.15) is 0 Å². The summed E-state index contributed by atoms with van der Waals surface area (Å²) in [6, 6.07) is 15.0. The Morgan fingerprint density at radius 1 is 1.03 bits per heavy atom. The number of thiazole rings is 1. The number of aliphatic hydroxyl groups excluding tert-OH is 1. The van der Waals surface area contributed by atoms with Gasteiger partial charge in [0.2, 0.25) is 0 Å². The van der Waals surface area contributed by atoms with E-state index in [0.717, 1.165) is 15.8 Å². The number of anilines is 1. The predicted octanol–water partition coefficient (Wildman–Crippen LogP) is 5.46. The third kappa shape index (κ3) is 4.21. The zero-order chi connectivity index (χ0) is 26.3. The van der Waals surface area contributed by atoms with Gasteiger partial charge in [-0.15, -0.1) is 0 Å². The first kappa shape index (κ1) is 24.5. The summed E-state index contributed by atoms with van der Waals surface area (Å²) in [5.41, 5.74) is 2.55. The van der Waals surface area contributed by atoms with E-state index >= 15 is 0 Å². The number of fused-ring (bicyclic) bond motifs is 1. The Labute approximate surface area is 217 Å². The van der Waals surface area contributed by atoms with Crippen LogP contribution in [0.15, 0.2) is 66.4 Å². The van der Waals surface area contributed by atoms with Crippen LogP contribution >= 0.6 is 11.3 Å². The number of aliphatic hydroxyl groups is 1. The van der Waals surface area contributed by atoms with Crippen molar-refractivity contribution in [3.05, 3.63) is 83.2 Å². The average Bonchev–Trinajstić information content (AvgIpc) is 3.45. The molecule has 1 saturated heterocycles. The van der Waals surface area contributed by atoms with Gasteiger partial charge in [0, 0.05) is 11.8 Å². The van der Waals surface area contributed by atoms with Crippen LogP contribution in [0.4, 0.5) is 5.13 Å². The molecule has 1 atom stereocenters. The number of Topliss-reactive ketones (excluding diaryl/α,β-unsaturated/α-hetero) is 1. The second-order valence-corrected chi connectivity index (χ2v) is 9.88. The smallest absolute Gasteiger partial charge is 0.301 e. The number of ether oxygens (including phenoxy) is 2. The lowest BCUT2D eigenvalue weighted by molar-refractivity contribution is -0.132. The second-order valence-electron chi connectivity index (χ2n) is 8.87. The van der Waals surface area contributed by atoms with Crippen LogP contribution in [0.25, 0.3) is 16.0 Å². The SMILES string of the molecule is COc1ccc(/C(O)=C2\C(=O)C(=O)N(c3nc4ccc(C(C)C)cc4s3)C2c2ccccn2)cc1OC. The highest BCUT2D eigenvalue weighted by Crippen LogP contribution is 2.44. The van der Waals surface area contributed by atoms with Gasteiger partial charge in [0.1, 0.15) is 11.8 Å². The van der Waals surface area contributed by atoms with Crippen LogP contribution in [-0.2, 0) is 9.59 Å². The molecule has 8 nitrogen and oxygen atoms in total.